The third-order valence-corrected chi connectivity index (χ3v) is 4.74. The SMILES string of the molecule is Cc1ccc(C(SC(C)C(C)O)C(C)N)cc1. The molecule has 0 spiro atoms. The minimum atomic E-state index is -0.313. The third-order valence-electron chi connectivity index (χ3n) is 2.92. The second-order valence-electron chi connectivity index (χ2n) is 4.77. The van der Waals surface area contributed by atoms with Gasteiger partial charge in [-0.3, -0.25) is 0 Å². The number of aliphatic hydroxyl groups excluding tert-OH is 1. The summed E-state index contributed by atoms with van der Waals surface area (Å²) in [7, 11) is 0. The van der Waals surface area contributed by atoms with Crippen molar-refractivity contribution in [3.63, 3.8) is 0 Å². The van der Waals surface area contributed by atoms with Crippen LogP contribution in [0, 0.1) is 6.92 Å². The first-order valence-electron chi connectivity index (χ1n) is 6.07. The molecule has 1 aromatic carbocycles. The van der Waals surface area contributed by atoms with Crippen LogP contribution < -0.4 is 5.73 Å². The van der Waals surface area contributed by atoms with Gasteiger partial charge >= 0.3 is 0 Å². The molecule has 0 fully saturated rings. The largest absolute Gasteiger partial charge is 0.392 e. The van der Waals surface area contributed by atoms with Crippen LogP contribution >= 0.6 is 11.8 Å². The summed E-state index contributed by atoms with van der Waals surface area (Å²) < 4.78 is 0. The molecule has 0 saturated heterocycles. The van der Waals surface area contributed by atoms with E-state index in [0.717, 1.165) is 0 Å². The Kier molecular flexibility index (Phi) is 5.50. The molecule has 4 atom stereocenters. The molecule has 1 aromatic rings. The highest BCUT2D eigenvalue weighted by molar-refractivity contribution is 8.00. The molecule has 3 N–H and O–H groups in total. The molecule has 17 heavy (non-hydrogen) atoms. The van der Waals surface area contributed by atoms with Gasteiger partial charge in [0.2, 0.25) is 0 Å². The maximum atomic E-state index is 9.58. The maximum absolute atomic E-state index is 9.58. The van der Waals surface area contributed by atoms with Crippen molar-refractivity contribution >= 4 is 11.8 Å². The molecule has 4 unspecified atom stereocenters. The Labute approximate surface area is 109 Å². The number of aliphatic hydroxyl groups is 1. The zero-order chi connectivity index (χ0) is 13.0. The number of rotatable bonds is 5. The summed E-state index contributed by atoms with van der Waals surface area (Å²) in [6, 6.07) is 8.55. The molecule has 3 heteroatoms. The number of hydrogen-bond donors (Lipinski definition) is 2. The first kappa shape index (κ1) is 14.6. The minimum absolute atomic E-state index is 0.0731. The number of nitrogens with two attached hydrogens (primary N) is 1. The zero-order valence-corrected chi connectivity index (χ0v) is 11.9. The van der Waals surface area contributed by atoms with Crippen molar-refractivity contribution in [3.8, 4) is 0 Å². The minimum Gasteiger partial charge on any atom is -0.392 e. The Morgan fingerprint density at radius 3 is 2.06 bits per heavy atom. The van der Waals surface area contributed by atoms with Crippen molar-refractivity contribution in [1.29, 1.82) is 0 Å². The molecule has 0 amide bonds. The fraction of sp³-hybridized carbons (Fsp3) is 0.571. The lowest BCUT2D eigenvalue weighted by molar-refractivity contribution is 0.196. The van der Waals surface area contributed by atoms with Gasteiger partial charge in [-0.1, -0.05) is 36.8 Å². The molecule has 0 aliphatic heterocycles. The Hall–Kier alpha value is -0.510. The van der Waals surface area contributed by atoms with Gasteiger partial charge in [0.05, 0.1) is 6.10 Å². The summed E-state index contributed by atoms with van der Waals surface area (Å²) in [5, 5.41) is 10.0. The molecular formula is C14H23NOS. The lowest BCUT2D eigenvalue weighted by atomic mass is 10.1. The summed E-state index contributed by atoms with van der Waals surface area (Å²) in [4.78, 5) is 0. The van der Waals surface area contributed by atoms with Gasteiger partial charge in [0.25, 0.3) is 0 Å². The van der Waals surface area contributed by atoms with E-state index in [2.05, 4.69) is 31.2 Å². The number of thioether (sulfide) groups is 1. The third kappa shape index (κ3) is 4.34. The molecule has 2 nitrogen and oxygen atoms in total. The summed E-state index contributed by atoms with van der Waals surface area (Å²) in [6.45, 7) is 7.96. The Morgan fingerprint density at radius 2 is 1.65 bits per heavy atom. The van der Waals surface area contributed by atoms with Crippen molar-refractivity contribution < 1.29 is 5.11 Å². The van der Waals surface area contributed by atoms with Crippen LogP contribution in [0.3, 0.4) is 0 Å². The van der Waals surface area contributed by atoms with E-state index in [0.29, 0.717) is 0 Å². The zero-order valence-electron chi connectivity index (χ0n) is 11.1. The van der Waals surface area contributed by atoms with Gasteiger partial charge in [-0.15, -0.1) is 11.8 Å². The van der Waals surface area contributed by atoms with Gasteiger partial charge in [0.1, 0.15) is 0 Å². The summed E-state index contributed by atoms with van der Waals surface area (Å²) in [6.07, 6.45) is -0.313. The van der Waals surface area contributed by atoms with Crippen LogP contribution in [-0.2, 0) is 0 Å². The first-order valence-corrected chi connectivity index (χ1v) is 7.01. The predicted octanol–water partition coefficient (Wildman–Crippen LogP) is 2.89. The van der Waals surface area contributed by atoms with Crippen molar-refractivity contribution in [2.24, 2.45) is 5.73 Å². The van der Waals surface area contributed by atoms with Gasteiger partial charge < -0.3 is 10.8 Å². The lowest BCUT2D eigenvalue weighted by Crippen LogP contribution is -2.26. The van der Waals surface area contributed by atoms with E-state index in [1.165, 1.54) is 11.1 Å². The van der Waals surface area contributed by atoms with Crippen LogP contribution in [0.5, 0.6) is 0 Å². The second-order valence-corrected chi connectivity index (χ2v) is 6.30. The van der Waals surface area contributed by atoms with Crippen molar-refractivity contribution in [2.45, 2.75) is 50.3 Å². The van der Waals surface area contributed by atoms with Crippen LogP contribution in [0.15, 0.2) is 24.3 Å². The van der Waals surface area contributed by atoms with Crippen molar-refractivity contribution in [3.05, 3.63) is 35.4 Å². The van der Waals surface area contributed by atoms with Gasteiger partial charge in [-0.05, 0) is 26.3 Å². The van der Waals surface area contributed by atoms with E-state index in [9.17, 15) is 5.11 Å². The number of benzene rings is 1. The van der Waals surface area contributed by atoms with Crippen LogP contribution in [0.2, 0.25) is 0 Å². The average molecular weight is 253 g/mol. The highest BCUT2D eigenvalue weighted by Gasteiger charge is 2.21. The Balaban J connectivity index is 2.82. The van der Waals surface area contributed by atoms with Gasteiger partial charge in [0, 0.05) is 16.5 Å². The Bertz CT molecular complexity index is 335. The summed E-state index contributed by atoms with van der Waals surface area (Å²) >= 11 is 1.74. The molecule has 0 aromatic heterocycles. The van der Waals surface area contributed by atoms with E-state index in [1.807, 2.05) is 20.8 Å². The van der Waals surface area contributed by atoms with E-state index >= 15 is 0 Å². The average Bonchev–Trinajstić information content (AvgIpc) is 2.26. The van der Waals surface area contributed by atoms with Crippen LogP contribution in [0.4, 0.5) is 0 Å². The molecule has 0 radical (unpaired) electrons. The first-order chi connectivity index (χ1) is 7.91. The summed E-state index contributed by atoms with van der Waals surface area (Å²) in [5.41, 5.74) is 8.55. The monoisotopic (exact) mass is 253 g/mol. The molecule has 1 rings (SSSR count). The van der Waals surface area contributed by atoms with E-state index in [-0.39, 0.29) is 22.6 Å². The van der Waals surface area contributed by atoms with E-state index in [4.69, 9.17) is 5.73 Å². The van der Waals surface area contributed by atoms with Crippen molar-refractivity contribution in [1.82, 2.24) is 0 Å². The van der Waals surface area contributed by atoms with Crippen LogP contribution in [0.25, 0.3) is 0 Å². The predicted molar refractivity (Wildman–Crippen MR) is 76.3 cm³/mol. The van der Waals surface area contributed by atoms with Crippen LogP contribution in [-0.4, -0.2) is 22.5 Å². The number of aryl methyl sites for hydroxylation is 1. The quantitative estimate of drug-likeness (QED) is 0.848. The lowest BCUT2D eigenvalue weighted by Gasteiger charge is -2.25. The van der Waals surface area contributed by atoms with Gasteiger partial charge in [-0.2, -0.15) is 0 Å². The topological polar surface area (TPSA) is 46.2 Å². The standard InChI is InChI=1S/C14H23NOS/c1-9-5-7-13(8-6-9)14(10(2)15)17-12(4)11(3)16/h5-8,10-12,14,16H,15H2,1-4H3. The second kappa shape index (κ2) is 6.43. The molecule has 96 valence electrons. The molecular weight excluding hydrogens is 230 g/mol. The molecule has 0 aliphatic carbocycles. The van der Waals surface area contributed by atoms with Gasteiger partial charge in [-0.25, -0.2) is 0 Å². The van der Waals surface area contributed by atoms with Crippen LogP contribution in [0.1, 0.15) is 37.1 Å². The van der Waals surface area contributed by atoms with Gasteiger partial charge in [0.15, 0.2) is 0 Å². The Morgan fingerprint density at radius 1 is 1.12 bits per heavy atom. The molecule has 0 heterocycles. The fourth-order valence-corrected chi connectivity index (χ4v) is 2.86. The molecule has 0 saturated carbocycles. The molecule has 0 bridgehead atoms. The van der Waals surface area contributed by atoms with Crippen molar-refractivity contribution in [2.75, 3.05) is 0 Å². The normalized spacial score (nSPS) is 18.5. The number of hydrogen-bond acceptors (Lipinski definition) is 3. The molecule has 0 aliphatic rings. The van der Waals surface area contributed by atoms with E-state index < -0.39 is 0 Å². The summed E-state index contributed by atoms with van der Waals surface area (Å²) in [5.74, 6) is 0. The smallest absolute Gasteiger partial charge is 0.0628 e. The highest BCUT2D eigenvalue weighted by Crippen LogP contribution is 2.35. The van der Waals surface area contributed by atoms with E-state index in [1.54, 1.807) is 11.8 Å². The fourth-order valence-electron chi connectivity index (χ4n) is 1.61. The maximum Gasteiger partial charge on any atom is 0.0628 e. The highest BCUT2D eigenvalue weighted by atomic mass is 32.2.